The number of hydrogen-bond acceptors (Lipinski definition) is 3. The van der Waals surface area contributed by atoms with Gasteiger partial charge in [0.1, 0.15) is 6.54 Å². The lowest BCUT2D eigenvalue weighted by molar-refractivity contribution is -0.122. The van der Waals surface area contributed by atoms with Gasteiger partial charge in [0.2, 0.25) is 5.91 Å². The number of pyridine rings is 1. The number of nitrogens with one attached hydrogen (secondary N) is 1. The fourth-order valence-electron chi connectivity index (χ4n) is 1.13. The number of carbonyl (C=O) groups excluding carboxylic acids is 1. The molecule has 0 fully saturated rings. The van der Waals surface area contributed by atoms with Crippen LogP contribution in [0.5, 0.6) is 0 Å². The van der Waals surface area contributed by atoms with Gasteiger partial charge in [-0.2, -0.15) is 0 Å². The molecule has 3 N–H and O–H groups in total. The predicted molar refractivity (Wildman–Crippen MR) is 64.6 cm³/mol. The summed E-state index contributed by atoms with van der Waals surface area (Å²) in [5, 5.41) is 2.68. The molecule has 0 radical (unpaired) electrons. The number of hydrogen-bond donors (Lipinski definition) is 2. The van der Waals surface area contributed by atoms with Crippen LogP contribution in [-0.2, 0) is 11.3 Å². The molecule has 0 saturated heterocycles. The molecule has 0 aliphatic heterocycles. The minimum atomic E-state index is -0.207. The minimum absolute atomic E-state index is 0. The van der Waals surface area contributed by atoms with E-state index in [9.17, 15) is 9.59 Å². The van der Waals surface area contributed by atoms with E-state index in [-0.39, 0.29) is 36.5 Å². The van der Waals surface area contributed by atoms with Gasteiger partial charge in [-0.25, -0.2) is 0 Å². The van der Waals surface area contributed by atoms with Crippen LogP contribution in [0.2, 0.25) is 0 Å². The zero-order valence-electron chi connectivity index (χ0n) is 9.05. The van der Waals surface area contributed by atoms with Crippen molar-refractivity contribution in [2.45, 2.75) is 19.5 Å². The number of halogens is 1. The molecule has 6 heteroatoms. The van der Waals surface area contributed by atoms with Crippen molar-refractivity contribution < 1.29 is 4.79 Å². The summed E-state index contributed by atoms with van der Waals surface area (Å²) >= 11 is 0. The Balaban J connectivity index is 0.00000225. The summed E-state index contributed by atoms with van der Waals surface area (Å²) < 4.78 is 1.35. The van der Waals surface area contributed by atoms with Crippen LogP contribution in [0, 0.1) is 0 Å². The second-order valence-electron chi connectivity index (χ2n) is 3.37. The first kappa shape index (κ1) is 14.7. The third-order valence-electron chi connectivity index (χ3n) is 1.97. The Bertz CT molecular complexity index is 392. The first-order chi connectivity index (χ1) is 7.13. The third kappa shape index (κ3) is 4.46. The highest BCUT2D eigenvalue weighted by molar-refractivity contribution is 5.85. The van der Waals surface area contributed by atoms with E-state index in [0.717, 1.165) is 0 Å². The van der Waals surface area contributed by atoms with Gasteiger partial charge in [0.25, 0.3) is 5.56 Å². The second kappa shape index (κ2) is 7.03. The number of nitrogens with two attached hydrogens (primary N) is 1. The lowest BCUT2D eigenvalue weighted by atomic mass is 10.3. The zero-order valence-corrected chi connectivity index (χ0v) is 9.87. The van der Waals surface area contributed by atoms with E-state index in [1.807, 2.05) is 6.92 Å². The molecule has 1 aromatic heterocycles. The van der Waals surface area contributed by atoms with Crippen molar-refractivity contribution in [1.29, 1.82) is 0 Å². The van der Waals surface area contributed by atoms with Gasteiger partial charge in [0.15, 0.2) is 0 Å². The average molecular weight is 246 g/mol. The first-order valence-electron chi connectivity index (χ1n) is 4.78. The maximum absolute atomic E-state index is 11.4. The monoisotopic (exact) mass is 245 g/mol. The largest absolute Gasteiger partial charge is 0.351 e. The van der Waals surface area contributed by atoms with Crippen LogP contribution in [0.15, 0.2) is 29.2 Å². The quantitative estimate of drug-likeness (QED) is 0.767. The smallest absolute Gasteiger partial charge is 0.250 e. The van der Waals surface area contributed by atoms with Gasteiger partial charge >= 0.3 is 0 Å². The Morgan fingerprint density at radius 2 is 2.25 bits per heavy atom. The van der Waals surface area contributed by atoms with Crippen LogP contribution in [0.3, 0.4) is 0 Å². The first-order valence-corrected chi connectivity index (χ1v) is 4.78. The second-order valence-corrected chi connectivity index (χ2v) is 3.37. The maximum atomic E-state index is 11.4. The zero-order chi connectivity index (χ0) is 11.3. The van der Waals surface area contributed by atoms with Gasteiger partial charge < -0.3 is 15.6 Å². The molecule has 1 atom stereocenters. The highest BCUT2D eigenvalue weighted by Crippen LogP contribution is 1.84. The van der Waals surface area contributed by atoms with E-state index < -0.39 is 0 Å². The average Bonchev–Trinajstić information content (AvgIpc) is 2.21. The molecule has 0 saturated carbocycles. The maximum Gasteiger partial charge on any atom is 0.250 e. The van der Waals surface area contributed by atoms with E-state index in [0.29, 0.717) is 6.54 Å². The van der Waals surface area contributed by atoms with E-state index in [4.69, 9.17) is 5.73 Å². The molecule has 16 heavy (non-hydrogen) atoms. The van der Waals surface area contributed by atoms with Crippen LogP contribution in [0.25, 0.3) is 0 Å². The molecule has 0 aliphatic rings. The van der Waals surface area contributed by atoms with Crippen molar-refractivity contribution >= 4 is 18.3 Å². The van der Waals surface area contributed by atoms with E-state index in [2.05, 4.69) is 5.32 Å². The highest BCUT2D eigenvalue weighted by atomic mass is 35.5. The molecule has 0 spiro atoms. The van der Waals surface area contributed by atoms with Crippen LogP contribution in [0.1, 0.15) is 6.92 Å². The number of carbonyl (C=O) groups is 1. The summed E-state index contributed by atoms with van der Waals surface area (Å²) in [6, 6.07) is 4.69. The van der Waals surface area contributed by atoms with Crippen molar-refractivity contribution in [2.24, 2.45) is 5.73 Å². The SMILES string of the molecule is C[C@H](CN)NC(=O)Cn1ccccc1=O.Cl. The lowest BCUT2D eigenvalue weighted by Crippen LogP contribution is -2.40. The van der Waals surface area contributed by atoms with Gasteiger partial charge in [-0.15, -0.1) is 12.4 Å². The standard InChI is InChI=1S/C10H15N3O2.ClH/c1-8(6-11)12-9(14)7-13-5-3-2-4-10(13)15;/h2-5,8H,6-7,11H2,1H3,(H,12,14);1H/t8-;/m1./s1. The van der Waals surface area contributed by atoms with Crippen LogP contribution < -0.4 is 16.6 Å². The van der Waals surface area contributed by atoms with E-state index in [1.165, 1.54) is 10.6 Å². The van der Waals surface area contributed by atoms with Gasteiger partial charge in [-0.1, -0.05) is 6.07 Å². The van der Waals surface area contributed by atoms with Gasteiger partial charge in [-0.3, -0.25) is 9.59 Å². The Kier molecular flexibility index (Phi) is 6.44. The normalized spacial score (nSPS) is 11.4. The molecule has 0 aromatic carbocycles. The molecule has 1 amide bonds. The highest BCUT2D eigenvalue weighted by Gasteiger charge is 2.06. The Hall–Kier alpha value is -1.33. The van der Waals surface area contributed by atoms with Crippen molar-refractivity contribution in [3.8, 4) is 0 Å². The van der Waals surface area contributed by atoms with Crippen LogP contribution in [-0.4, -0.2) is 23.1 Å². The van der Waals surface area contributed by atoms with Crippen molar-refractivity contribution in [2.75, 3.05) is 6.54 Å². The molecule has 90 valence electrons. The molecule has 1 aromatic rings. The van der Waals surface area contributed by atoms with Gasteiger partial charge in [0.05, 0.1) is 0 Å². The summed E-state index contributed by atoms with van der Waals surface area (Å²) in [7, 11) is 0. The fraction of sp³-hybridized carbons (Fsp3) is 0.400. The Morgan fingerprint density at radius 1 is 1.56 bits per heavy atom. The van der Waals surface area contributed by atoms with E-state index in [1.54, 1.807) is 18.3 Å². The van der Waals surface area contributed by atoms with Gasteiger partial charge in [0, 0.05) is 24.8 Å². The summed E-state index contributed by atoms with van der Waals surface area (Å²) in [5.74, 6) is -0.207. The van der Waals surface area contributed by atoms with Crippen molar-refractivity contribution in [3.63, 3.8) is 0 Å². The van der Waals surface area contributed by atoms with Gasteiger partial charge in [-0.05, 0) is 13.0 Å². The number of nitrogens with zero attached hydrogens (tertiary/aromatic N) is 1. The molecular formula is C10H16ClN3O2. The summed E-state index contributed by atoms with van der Waals surface area (Å²) in [6.07, 6.45) is 1.58. The lowest BCUT2D eigenvalue weighted by Gasteiger charge is -2.11. The molecule has 5 nitrogen and oxygen atoms in total. The summed E-state index contributed by atoms with van der Waals surface area (Å²) in [6.45, 7) is 2.23. The van der Waals surface area contributed by atoms with Crippen LogP contribution in [0.4, 0.5) is 0 Å². The van der Waals surface area contributed by atoms with Crippen LogP contribution >= 0.6 is 12.4 Å². The van der Waals surface area contributed by atoms with Crippen molar-refractivity contribution in [1.82, 2.24) is 9.88 Å². The number of aromatic nitrogens is 1. The molecular weight excluding hydrogens is 230 g/mol. The Labute approximate surface area is 100 Å². The molecule has 1 heterocycles. The van der Waals surface area contributed by atoms with E-state index >= 15 is 0 Å². The summed E-state index contributed by atoms with van der Waals surface area (Å²) in [5.41, 5.74) is 5.17. The topological polar surface area (TPSA) is 77.1 Å². The third-order valence-corrected chi connectivity index (χ3v) is 1.97. The summed E-state index contributed by atoms with van der Waals surface area (Å²) in [4.78, 5) is 22.7. The van der Waals surface area contributed by atoms with Crippen molar-refractivity contribution in [3.05, 3.63) is 34.7 Å². The molecule has 1 rings (SSSR count). The molecule has 0 aliphatic carbocycles. The molecule has 0 bridgehead atoms. The predicted octanol–water partition coefficient (Wildman–Crippen LogP) is -0.267. The number of amides is 1. The minimum Gasteiger partial charge on any atom is -0.351 e. The number of rotatable bonds is 4. The molecule has 0 unspecified atom stereocenters. The fourth-order valence-corrected chi connectivity index (χ4v) is 1.13. The Morgan fingerprint density at radius 3 is 2.81 bits per heavy atom.